The number of ether oxygens (including phenoxy) is 1. The van der Waals surface area contributed by atoms with E-state index in [4.69, 9.17) is 0 Å². The zero-order valence-corrected chi connectivity index (χ0v) is 12.4. The molecular formula is C16H21F3N2O. The Kier molecular flexibility index (Phi) is 5.85. The fraction of sp³-hybridized carbons (Fsp3) is 0.500. The summed E-state index contributed by atoms with van der Waals surface area (Å²) in [4.78, 5) is 2.21. The van der Waals surface area contributed by atoms with Crippen LogP contribution in [0.15, 0.2) is 36.9 Å². The monoisotopic (exact) mass is 314 g/mol. The molecule has 1 aliphatic rings. The average Bonchev–Trinajstić information content (AvgIpc) is 2.49. The molecule has 2 rings (SSSR count). The molecule has 0 amide bonds. The third kappa shape index (κ3) is 4.74. The van der Waals surface area contributed by atoms with Crippen LogP contribution in [-0.2, 0) is 0 Å². The van der Waals surface area contributed by atoms with Crippen molar-refractivity contribution in [3.63, 3.8) is 0 Å². The SMILES string of the molecule is C=CCC[C@H](c1ccccc1OC(F)(F)F)N1CCNCC1. The van der Waals surface area contributed by atoms with Crippen LogP contribution in [0.1, 0.15) is 24.4 Å². The lowest BCUT2D eigenvalue weighted by Crippen LogP contribution is -2.45. The number of hydrogen-bond acceptors (Lipinski definition) is 3. The van der Waals surface area contributed by atoms with Crippen molar-refractivity contribution in [3.8, 4) is 5.75 Å². The first kappa shape index (κ1) is 16.8. The van der Waals surface area contributed by atoms with Crippen molar-refractivity contribution in [1.29, 1.82) is 0 Å². The number of piperazine rings is 1. The molecule has 1 atom stereocenters. The van der Waals surface area contributed by atoms with Crippen LogP contribution < -0.4 is 10.1 Å². The van der Waals surface area contributed by atoms with E-state index in [1.807, 2.05) is 0 Å². The highest BCUT2D eigenvalue weighted by Crippen LogP contribution is 2.35. The molecule has 1 aliphatic heterocycles. The first-order valence-electron chi connectivity index (χ1n) is 7.41. The summed E-state index contributed by atoms with van der Waals surface area (Å²) in [6, 6.07) is 6.32. The Morgan fingerprint density at radius 2 is 1.95 bits per heavy atom. The van der Waals surface area contributed by atoms with Gasteiger partial charge in [0.2, 0.25) is 0 Å². The number of rotatable bonds is 6. The van der Waals surface area contributed by atoms with E-state index >= 15 is 0 Å². The molecule has 1 fully saturated rings. The highest BCUT2D eigenvalue weighted by Gasteiger charge is 2.33. The molecule has 0 saturated carbocycles. The Hall–Kier alpha value is -1.53. The van der Waals surface area contributed by atoms with E-state index in [1.165, 1.54) is 6.07 Å². The Bertz CT molecular complexity index is 485. The maximum Gasteiger partial charge on any atom is 0.573 e. The lowest BCUT2D eigenvalue weighted by atomic mass is 9.98. The van der Waals surface area contributed by atoms with Crippen molar-refractivity contribution >= 4 is 0 Å². The Balaban J connectivity index is 2.27. The van der Waals surface area contributed by atoms with Crippen molar-refractivity contribution in [2.45, 2.75) is 25.2 Å². The van der Waals surface area contributed by atoms with Crippen LogP contribution in [0.5, 0.6) is 5.75 Å². The third-order valence-electron chi connectivity index (χ3n) is 3.74. The Labute approximate surface area is 128 Å². The van der Waals surface area contributed by atoms with Crippen LogP contribution in [0, 0.1) is 0 Å². The summed E-state index contributed by atoms with van der Waals surface area (Å²) in [5, 5.41) is 3.26. The normalized spacial score (nSPS) is 18.0. The molecule has 122 valence electrons. The zero-order valence-electron chi connectivity index (χ0n) is 12.4. The molecule has 0 bridgehead atoms. The van der Waals surface area contributed by atoms with Crippen molar-refractivity contribution < 1.29 is 17.9 Å². The molecule has 1 N–H and O–H groups in total. The van der Waals surface area contributed by atoms with E-state index in [1.54, 1.807) is 24.3 Å². The second-order valence-corrected chi connectivity index (χ2v) is 5.25. The van der Waals surface area contributed by atoms with Crippen molar-refractivity contribution in [2.75, 3.05) is 26.2 Å². The molecule has 0 spiro atoms. The summed E-state index contributed by atoms with van der Waals surface area (Å²) in [5.74, 6) is -0.109. The van der Waals surface area contributed by atoms with Crippen molar-refractivity contribution in [3.05, 3.63) is 42.5 Å². The second kappa shape index (κ2) is 7.65. The van der Waals surface area contributed by atoms with E-state index in [0.29, 0.717) is 5.56 Å². The van der Waals surface area contributed by atoms with E-state index in [9.17, 15) is 13.2 Å². The quantitative estimate of drug-likeness (QED) is 0.813. The number of nitrogens with zero attached hydrogens (tertiary/aromatic N) is 1. The minimum atomic E-state index is -4.68. The van der Waals surface area contributed by atoms with Crippen LogP contribution >= 0.6 is 0 Å². The lowest BCUT2D eigenvalue weighted by Gasteiger charge is -2.36. The van der Waals surface area contributed by atoms with Gasteiger partial charge in [-0.05, 0) is 18.9 Å². The number of hydrogen-bond donors (Lipinski definition) is 1. The lowest BCUT2D eigenvalue weighted by molar-refractivity contribution is -0.275. The minimum absolute atomic E-state index is 0.0985. The summed E-state index contributed by atoms with van der Waals surface area (Å²) in [7, 11) is 0. The molecular weight excluding hydrogens is 293 g/mol. The van der Waals surface area contributed by atoms with Crippen LogP contribution in [0.25, 0.3) is 0 Å². The number of nitrogens with one attached hydrogen (secondary N) is 1. The third-order valence-corrected chi connectivity index (χ3v) is 3.74. The zero-order chi connectivity index (χ0) is 16.0. The molecule has 1 heterocycles. The molecule has 6 heteroatoms. The summed E-state index contributed by atoms with van der Waals surface area (Å²) in [6.45, 7) is 7.01. The van der Waals surface area contributed by atoms with Gasteiger partial charge >= 0.3 is 6.36 Å². The van der Waals surface area contributed by atoms with Gasteiger partial charge < -0.3 is 10.1 Å². The summed E-state index contributed by atoms with van der Waals surface area (Å²) < 4.78 is 42.1. The average molecular weight is 314 g/mol. The van der Waals surface area contributed by atoms with Gasteiger partial charge in [0.25, 0.3) is 0 Å². The highest BCUT2D eigenvalue weighted by atomic mass is 19.4. The highest BCUT2D eigenvalue weighted by molar-refractivity contribution is 5.36. The van der Waals surface area contributed by atoms with Crippen LogP contribution in [-0.4, -0.2) is 37.4 Å². The molecule has 0 aromatic heterocycles. The predicted octanol–water partition coefficient (Wildman–Crippen LogP) is 3.50. The Morgan fingerprint density at radius 1 is 1.27 bits per heavy atom. The van der Waals surface area contributed by atoms with Gasteiger partial charge in [0, 0.05) is 37.8 Å². The van der Waals surface area contributed by atoms with Gasteiger partial charge in [-0.3, -0.25) is 4.90 Å². The predicted molar refractivity (Wildman–Crippen MR) is 79.7 cm³/mol. The van der Waals surface area contributed by atoms with Crippen LogP contribution in [0.4, 0.5) is 13.2 Å². The van der Waals surface area contributed by atoms with Gasteiger partial charge in [-0.2, -0.15) is 0 Å². The fourth-order valence-corrected chi connectivity index (χ4v) is 2.78. The molecule has 1 aromatic rings. The summed E-state index contributed by atoms with van der Waals surface area (Å²) in [5.41, 5.74) is 0.587. The Morgan fingerprint density at radius 3 is 2.59 bits per heavy atom. The first-order valence-corrected chi connectivity index (χ1v) is 7.41. The molecule has 22 heavy (non-hydrogen) atoms. The van der Waals surface area contributed by atoms with E-state index in [2.05, 4.69) is 21.5 Å². The standard InChI is InChI=1S/C16H21F3N2O/c1-2-3-7-14(21-11-9-20-10-12-21)13-6-4-5-8-15(13)22-16(17,18)19/h2,4-6,8,14,20H,1,3,7,9-12H2/t14-/m1/s1. The van der Waals surface area contributed by atoms with Gasteiger partial charge in [-0.25, -0.2) is 0 Å². The molecule has 0 radical (unpaired) electrons. The number of para-hydroxylation sites is 1. The number of benzene rings is 1. The minimum Gasteiger partial charge on any atom is -0.405 e. The summed E-state index contributed by atoms with van der Waals surface area (Å²) in [6.07, 6.45) is -1.42. The fourth-order valence-electron chi connectivity index (χ4n) is 2.78. The number of halogens is 3. The molecule has 3 nitrogen and oxygen atoms in total. The van der Waals surface area contributed by atoms with Gasteiger partial charge in [-0.15, -0.1) is 19.8 Å². The smallest absolute Gasteiger partial charge is 0.405 e. The van der Waals surface area contributed by atoms with E-state index < -0.39 is 6.36 Å². The number of allylic oxidation sites excluding steroid dienone is 1. The van der Waals surface area contributed by atoms with E-state index in [0.717, 1.165) is 39.0 Å². The van der Waals surface area contributed by atoms with E-state index in [-0.39, 0.29) is 11.8 Å². The largest absolute Gasteiger partial charge is 0.573 e. The molecule has 1 saturated heterocycles. The second-order valence-electron chi connectivity index (χ2n) is 5.25. The maximum atomic E-state index is 12.6. The topological polar surface area (TPSA) is 24.5 Å². The maximum absolute atomic E-state index is 12.6. The number of alkyl halides is 3. The van der Waals surface area contributed by atoms with Gasteiger partial charge in [0.05, 0.1) is 0 Å². The van der Waals surface area contributed by atoms with Crippen molar-refractivity contribution in [2.24, 2.45) is 0 Å². The van der Waals surface area contributed by atoms with Crippen LogP contribution in [0.3, 0.4) is 0 Å². The van der Waals surface area contributed by atoms with Gasteiger partial charge in [-0.1, -0.05) is 24.3 Å². The van der Waals surface area contributed by atoms with Crippen LogP contribution in [0.2, 0.25) is 0 Å². The first-order chi connectivity index (χ1) is 10.5. The molecule has 0 unspecified atom stereocenters. The van der Waals surface area contributed by atoms with Crippen molar-refractivity contribution in [1.82, 2.24) is 10.2 Å². The summed E-state index contributed by atoms with van der Waals surface area (Å²) >= 11 is 0. The molecule has 0 aliphatic carbocycles. The van der Waals surface area contributed by atoms with Gasteiger partial charge in [0.15, 0.2) is 0 Å². The molecule has 1 aromatic carbocycles. The van der Waals surface area contributed by atoms with Gasteiger partial charge in [0.1, 0.15) is 5.75 Å².